The molecule has 0 spiro atoms. The van der Waals surface area contributed by atoms with E-state index in [1.807, 2.05) is 13.0 Å². The zero-order valence-corrected chi connectivity index (χ0v) is 10.7. The maximum Gasteiger partial charge on any atom is 0.222 e. The highest BCUT2D eigenvalue weighted by atomic mass is 16.1. The van der Waals surface area contributed by atoms with E-state index in [4.69, 9.17) is 11.5 Å². The van der Waals surface area contributed by atoms with Gasteiger partial charge < -0.3 is 16.4 Å². The van der Waals surface area contributed by atoms with E-state index in [-0.39, 0.29) is 11.8 Å². The Morgan fingerprint density at radius 1 is 1.61 bits per heavy atom. The second kappa shape index (κ2) is 5.35. The molecule has 98 valence electrons. The van der Waals surface area contributed by atoms with Crippen molar-refractivity contribution in [2.45, 2.75) is 26.3 Å². The average Bonchev–Trinajstić information content (AvgIpc) is 2.38. The van der Waals surface area contributed by atoms with Crippen molar-refractivity contribution >= 4 is 11.7 Å². The molecule has 1 aromatic rings. The van der Waals surface area contributed by atoms with Crippen molar-refractivity contribution in [2.24, 2.45) is 17.4 Å². The monoisotopic (exact) mass is 248 g/mol. The van der Waals surface area contributed by atoms with E-state index in [0.29, 0.717) is 13.1 Å². The van der Waals surface area contributed by atoms with Crippen molar-refractivity contribution < 1.29 is 4.79 Å². The normalized spacial score (nSPS) is 19.9. The summed E-state index contributed by atoms with van der Waals surface area (Å²) >= 11 is 0. The van der Waals surface area contributed by atoms with Gasteiger partial charge in [-0.15, -0.1) is 0 Å². The van der Waals surface area contributed by atoms with Gasteiger partial charge in [0.25, 0.3) is 0 Å². The molecule has 2 heterocycles. The summed E-state index contributed by atoms with van der Waals surface area (Å²) in [4.78, 5) is 17.9. The van der Waals surface area contributed by atoms with Gasteiger partial charge >= 0.3 is 0 Å². The fourth-order valence-corrected chi connectivity index (χ4v) is 2.50. The minimum Gasteiger partial charge on any atom is -0.369 e. The fraction of sp³-hybridized carbons (Fsp3) is 0.538. The third-order valence-electron chi connectivity index (χ3n) is 3.59. The second-order valence-electron chi connectivity index (χ2n) is 4.82. The van der Waals surface area contributed by atoms with Crippen LogP contribution in [0, 0.1) is 12.8 Å². The molecule has 1 saturated heterocycles. The number of aromatic nitrogens is 1. The molecular weight excluding hydrogens is 228 g/mol. The number of carbonyl (C=O) groups excluding carboxylic acids is 1. The predicted octanol–water partition coefficient (Wildman–Crippen LogP) is 0.550. The van der Waals surface area contributed by atoms with Crippen LogP contribution in [0.3, 0.4) is 0 Å². The van der Waals surface area contributed by atoms with Gasteiger partial charge in [0.05, 0.1) is 5.92 Å². The first-order valence-electron chi connectivity index (χ1n) is 6.32. The van der Waals surface area contributed by atoms with Crippen LogP contribution in [0.5, 0.6) is 0 Å². The molecule has 0 aliphatic carbocycles. The lowest BCUT2D eigenvalue weighted by Gasteiger charge is -2.33. The molecule has 1 atom stereocenters. The molecule has 0 radical (unpaired) electrons. The summed E-state index contributed by atoms with van der Waals surface area (Å²) in [6.45, 7) is 4.06. The van der Waals surface area contributed by atoms with Crippen molar-refractivity contribution in [2.75, 3.05) is 18.0 Å². The van der Waals surface area contributed by atoms with E-state index in [9.17, 15) is 4.79 Å². The Morgan fingerprint density at radius 2 is 2.39 bits per heavy atom. The molecule has 0 saturated carbocycles. The van der Waals surface area contributed by atoms with Gasteiger partial charge in [0, 0.05) is 31.4 Å². The Balaban J connectivity index is 2.26. The number of hydrogen-bond donors (Lipinski definition) is 2. The largest absolute Gasteiger partial charge is 0.369 e. The number of nitrogens with two attached hydrogens (primary N) is 2. The van der Waals surface area contributed by atoms with E-state index in [1.54, 1.807) is 6.20 Å². The van der Waals surface area contributed by atoms with E-state index >= 15 is 0 Å². The smallest absolute Gasteiger partial charge is 0.222 e. The summed E-state index contributed by atoms with van der Waals surface area (Å²) in [6, 6.07) is 1.96. The van der Waals surface area contributed by atoms with Crippen molar-refractivity contribution in [3.05, 3.63) is 23.4 Å². The number of rotatable bonds is 3. The van der Waals surface area contributed by atoms with Crippen LogP contribution in [0.2, 0.25) is 0 Å². The number of nitrogens with zero attached hydrogens (tertiary/aromatic N) is 2. The summed E-state index contributed by atoms with van der Waals surface area (Å²) in [6.07, 6.45) is 3.63. The first-order chi connectivity index (χ1) is 8.63. The van der Waals surface area contributed by atoms with Gasteiger partial charge in [-0.05, 0) is 31.4 Å². The Labute approximate surface area is 107 Å². The first kappa shape index (κ1) is 12.8. The van der Waals surface area contributed by atoms with Crippen LogP contribution in [-0.4, -0.2) is 24.0 Å². The Bertz CT molecular complexity index is 447. The van der Waals surface area contributed by atoms with Crippen molar-refractivity contribution in [1.29, 1.82) is 0 Å². The number of aryl methyl sites for hydroxylation is 1. The molecule has 2 rings (SSSR count). The lowest BCUT2D eigenvalue weighted by Crippen LogP contribution is -2.42. The van der Waals surface area contributed by atoms with Crippen molar-refractivity contribution in [1.82, 2.24) is 4.98 Å². The first-order valence-corrected chi connectivity index (χ1v) is 6.32. The lowest BCUT2D eigenvalue weighted by molar-refractivity contribution is -0.122. The minimum atomic E-state index is -0.221. The maximum absolute atomic E-state index is 11.3. The molecule has 1 aromatic heterocycles. The van der Waals surface area contributed by atoms with Crippen LogP contribution >= 0.6 is 0 Å². The zero-order chi connectivity index (χ0) is 13.1. The van der Waals surface area contributed by atoms with Crippen LogP contribution in [0.4, 0.5) is 5.82 Å². The lowest BCUT2D eigenvalue weighted by atomic mass is 9.97. The van der Waals surface area contributed by atoms with Crippen molar-refractivity contribution in [3.8, 4) is 0 Å². The van der Waals surface area contributed by atoms with Crippen molar-refractivity contribution in [3.63, 3.8) is 0 Å². The topological polar surface area (TPSA) is 85.2 Å². The number of carbonyl (C=O) groups is 1. The summed E-state index contributed by atoms with van der Waals surface area (Å²) in [5.41, 5.74) is 13.4. The number of amides is 1. The Hall–Kier alpha value is -1.62. The molecule has 5 nitrogen and oxygen atoms in total. The third kappa shape index (κ3) is 2.46. The molecule has 5 heteroatoms. The van der Waals surface area contributed by atoms with Crippen LogP contribution in [0.25, 0.3) is 0 Å². The standard InChI is InChI=1S/C13H20N4O/c1-9-4-5-16-13(11(9)7-14)17-6-2-3-10(8-17)12(15)18/h4-5,10H,2-3,6-8,14H2,1H3,(H2,15,18). The number of anilines is 1. The maximum atomic E-state index is 11.3. The quantitative estimate of drug-likeness (QED) is 0.818. The summed E-state index contributed by atoms with van der Waals surface area (Å²) in [5.74, 6) is 0.608. The molecule has 18 heavy (non-hydrogen) atoms. The van der Waals surface area contributed by atoms with Gasteiger partial charge in [0.2, 0.25) is 5.91 Å². The van der Waals surface area contributed by atoms with E-state index < -0.39 is 0 Å². The van der Waals surface area contributed by atoms with Gasteiger partial charge in [-0.25, -0.2) is 4.98 Å². The summed E-state index contributed by atoms with van der Waals surface area (Å²) < 4.78 is 0. The van der Waals surface area contributed by atoms with Gasteiger partial charge in [0.1, 0.15) is 5.82 Å². The number of piperidine rings is 1. The molecule has 1 aliphatic heterocycles. The number of hydrogen-bond acceptors (Lipinski definition) is 4. The van der Waals surface area contributed by atoms with Gasteiger partial charge in [0.15, 0.2) is 0 Å². The average molecular weight is 248 g/mol. The highest BCUT2D eigenvalue weighted by Crippen LogP contribution is 2.25. The molecule has 4 N–H and O–H groups in total. The fourth-order valence-electron chi connectivity index (χ4n) is 2.50. The molecule has 0 aromatic carbocycles. The highest BCUT2D eigenvalue weighted by Gasteiger charge is 2.26. The highest BCUT2D eigenvalue weighted by molar-refractivity contribution is 5.77. The van der Waals surface area contributed by atoms with Crippen LogP contribution in [-0.2, 0) is 11.3 Å². The van der Waals surface area contributed by atoms with Crippen LogP contribution in [0.1, 0.15) is 24.0 Å². The molecule has 1 unspecified atom stereocenters. The second-order valence-corrected chi connectivity index (χ2v) is 4.82. The predicted molar refractivity (Wildman–Crippen MR) is 71.0 cm³/mol. The molecule has 0 bridgehead atoms. The van der Waals surface area contributed by atoms with E-state index in [1.165, 1.54) is 0 Å². The summed E-state index contributed by atoms with van der Waals surface area (Å²) in [7, 11) is 0. The molecular formula is C13H20N4O. The van der Waals surface area contributed by atoms with Gasteiger partial charge in [-0.1, -0.05) is 0 Å². The van der Waals surface area contributed by atoms with Crippen LogP contribution < -0.4 is 16.4 Å². The molecule has 1 fully saturated rings. The minimum absolute atomic E-state index is 0.0771. The molecule has 1 amide bonds. The van der Waals surface area contributed by atoms with E-state index in [0.717, 1.165) is 36.3 Å². The van der Waals surface area contributed by atoms with Gasteiger partial charge in [-0.3, -0.25) is 4.79 Å². The molecule has 1 aliphatic rings. The van der Waals surface area contributed by atoms with Gasteiger partial charge in [-0.2, -0.15) is 0 Å². The Morgan fingerprint density at radius 3 is 3.06 bits per heavy atom. The number of pyridine rings is 1. The van der Waals surface area contributed by atoms with Crippen LogP contribution in [0.15, 0.2) is 12.3 Å². The SMILES string of the molecule is Cc1ccnc(N2CCCC(C(N)=O)C2)c1CN. The summed E-state index contributed by atoms with van der Waals surface area (Å²) in [5, 5.41) is 0. The Kier molecular flexibility index (Phi) is 3.81. The van der Waals surface area contributed by atoms with E-state index in [2.05, 4.69) is 9.88 Å². The third-order valence-corrected chi connectivity index (χ3v) is 3.59. The number of primary amides is 1. The zero-order valence-electron chi connectivity index (χ0n) is 10.7.